The van der Waals surface area contributed by atoms with Crippen LogP contribution in [0.4, 0.5) is 5.69 Å². The highest BCUT2D eigenvalue weighted by molar-refractivity contribution is 7.80. The second-order valence-corrected chi connectivity index (χ2v) is 4.32. The van der Waals surface area contributed by atoms with Gasteiger partial charge >= 0.3 is 0 Å². The molecule has 0 atom stereocenters. The summed E-state index contributed by atoms with van der Waals surface area (Å²) in [5, 5.41) is 0. The lowest BCUT2D eigenvalue weighted by Crippen LogP contribution is -2.00. The summed E-state index contributed by atoms with van der Waals surface area (Å²) in [4.78, 5) is 0. The van der Waals surface area contributed by atoms with E-state index in [1.807, 2.05) is 24.3 Å². The monoisotopic (exact) mass is 239 g/mol. The number of unbranched alkanes of at least 4 members (excludes halogenated alkanes) is 4. The number of nitrogen functional groups attached to an aromatic ring is 1. The molecule has 0 amide bonds. The number of anilines is 1. The fraction of sp³-hybridized carbons (Fsp3) is 0.538. The van der Waals surface area contributed by atoms with Gasteiger partial charge in [0, 0.05) is 0 Å². The third-order valence-electron chi connectivity index (χ3n) is 2.48. The normalized spacial score (nSPS) is 10.3. The molecule has 0 spiro atoms. The fourth-order valence-corrected chi connectivity index (χ4v) is 1.76. The Balaban J connectivity index is 2.05. The van der Waals surface area contributed by atoms with E-state index in [0.717, 1.165) is 30.2 Å². The Kier molecular flexibility index (Phi) is 6.90. The predicted molar refractivity (Wildman–Crippen MR) is 73.3 cm³/mol. The van der Waals surface area contributed by atoms with Crippen LogP contribution in [0.25, 0.3) is 0 Å². The van der Waals surface area contributed by atoms with Gasteiger partial charge in [0.25, 0.3) is 0 Å². The van der Waals surface area contributed by atoms with Crippen LogP contribution in [0.5, 0.6) is 5.75 Å². The molecule has 16 heavy (non-hydrogen) atoms. The SMILES string of the molecule is Nc1ccccc1OCCCCCCCS. The van der Waals surface area contributed by atoms with E-state index >= 15 is 0 Å². The van der Waals surface area contributed by atoms with Crippen LogP contribution in [0.3, 0.4) is 0 Å². The fourth-order valence-electron chi connectivity index (χ4n) is 1.54. The second-order valence-electron chi connectivity index (χ2n) is 3.88. The molecular formula is C13H21NOS. The molecular weight excluding hydrogens is 218 g/mol. The van der Waals surface area contributed by atoms with Gasteiger partial charge in [-0.05, 0) is 30.7 Å². The lowest BCUT2D eigenvalue weighted by Gasteiger charge is -2.08. The molecule has 90 valence electrons. The number of hydrogen-bond acceptors (Lipinski definition) is 3. The summed E-state index contributed by atoms with van der Waals surface area (Å²) in [6.07, 6.45) is 6.09. The average molecular weight is 239 g/mol. The van der Waals surface area contributed by atoms with Gasteiger partial charge in [0.2, 0.25) is 0 Å². The minimum absolute atomic E-state index is 0.720. The molecule has 1 aromatic rings. The first-order valence-corrected chi connectivity index (χ1v) is 6.56. The number of nitrogens with two attached hydrogens (primary N) is 1. The van der Waals surface area contributed by atoms with E-state index in [0.29, 0.717) is 0 Å². The largest absolute Gasteiger partial charge is 0.491 e. The second kappa shape index (κ2) is 8.34. The molecule has 1 rings (SSSR count). The van der Waals surface area contributed by atoms with Crippen molar-refractivity contribution in [2.75, 3.05) is 18.1 Å². The molecule has 0 fully saturated rings. The summed E-state index contributed by atoms with van der Waals surface area (Å²) in [5.74, 6) is 1.80. The molecule has 0 heterocycles. The lowest BCUT2D eigenvalue weighted by atomic mass is 10.2. The third kappa shape index (κ3) is 5.31. The maximum Gasteiger partial charge on any atom is 0.142 e. The van der Waals surface area contributed by atoms with Gasteiger partial charge in [-0.15, -0.1) is 0 Å². The van der Waals surface area contributed by atoms with Crippen molar-refractivity contribution in [3.63, 3.8) is 0 Å². The first-order valence-electron chi connectivity index (χ1n) is 5.93. The molecule has 2 N–H and O–H groups in total. The van der Waals surface area contributed by atoms with Crippen LogP contribution in [0, 0.1) is 0 Å². The van der Waals surface area contributed by atoms with Crippen LogP contribution in [0.2, 0.25) is 0 Å². The van der Waals surface area contributed by atoms with Gasteiger partial charge in [0.05, 0.1) is 12.3 Å². The van der Waals surface area contributed by atoms with Gasteiger partial charge in [-0.3, -0.25) is 0 Å². The van der Waals surface area contributed by atoms with Crippen molar-refractivity contribution in [2.45, 2.75) is 32.1 Å². The Morgan fingerprint density at radius 1 is 1.00 bits per heavy atom. The van der Waals surface area contributed by atoms with E-state index in [4.69, 9.17) is 10.5 Å². The highest BCUT2D eigenvalue weighted by atomic mass is 32.1. The van der Waals surface area contributed by atoms with Crippen molar-refractivity contribution >= 4 is 18.3 Å². The maximum absolute atomic E-state index is 5.77. The van der Waals surface area contributed by atoms with Gasteiger partial charge in [-0.2, -0.15) is 12.6 Å². The van der Waals surface area contributed by atoms with Gasteiger partial charge in [0.1, 0.15) is 5.75 Å². The lowest BCUT2D eigenvalue weighted by molar-refractivity contribution is 0.306. The first kappa shape index (κ1) is 13.2. The summed E-state index contributed by atoms with van der Waals surface area (Å²) >= 11 is 4.18. The van der Waals surface area contributed by atoms with Crippen molar-refractivity contribution in [1.29, 1.82) is 0 Å². The molecule has 2 nitrogen and oxygen atoms in total. The highest BCUT2D eigenvalue weighted by Crippen LogP contribution is 2.20. The Labute approximate surface area is 104 Å². The van der Waals surface area contributed by atoms with Crippen molar-refractivity contribution in [2.24, 2.45) is 0 Å². The average Bonchev–Trinajstić information content (AvgIpc) is 2.30. The van der Waals surface area contributed by atoms with Crippen LogP contribution in [-0.2, 0) is 0 Å². The summed E-state index contributed by atoms with van der Waals surface area (Å²) in [6.45, 7) is 0.759. The molecule has 0 radical (unpaired) electrons. The Morgan fingerprint density at radius 2 is 1.69 bits per heavy atom. The minimum atomic E-state index is 0.720. The highest BCUT2D eigenvalue weighted by Gasteiger charge is 1.97. The number of para-hydroxylation sites is 2. The van der Waals surface area contributed by atoms with E-state index in [9.17, 15) is 0 Å². The third-order valence-corrected chi connectivity index (χ3v) is 2.80. The summed E-state index contributed by atoms with van der Waals surface area (Å²) in [5.41, 5.74) is 6.49. The zero-order chi connectivity index (χ0) is 11.6. The van der Waals surface area contributed by atoms with E-state index in [2.05, 4.69) is 12.6 Å². The molecule has 0 aliphatic rings. The number of ether oxygens (including phenoxy) is 1. The van der Waals surface area contributed by atoms with E-state index in [-0.39, 0.29) is 0 Å². The van der Waals surface area contributed by atoms with Crippen LogP contribution in [-0.4, -0.2) is 12.4 Å². The zero-order valence-corrected chi connectivity index (χ0v) is 10.6. The van der Waals surface area contributed by atoms with E-state index in [1.165, 1.54) is 25.7 Å². The van der Waals surface area contributed by atoms with E-state index in [1.54, 1.807) is 0 Å². The quantitative estimate of drug-likeness (QED) is 0.413. The molecule has 0 saturated carbocycles. The van der Waals surface area contributed by atoms with Crippen molar-refractivity contribution in [3.8, 4) is 5.75 Å². The Bertz CT molecular complexity index is 291. The summed E-state index contributed by atoms with van der Waals surface area (Å²) in [7, 11) is 0. The molecule has 0 aliphatic carbocycles. The minimum Gasteiger partial charge on any atom is -0.491 e. The zero-order valence-electron chi connectivity index (χ0n) is 9.69. The molecule has 0 unspecified atom stereocenters. The van der Waals surface area contributed by atoms with Crippen molar-refractivity contribution in [1.82, 2.24) is 0 Å². The van der Waals surface area contributed by atoms with E-state index < -0.39 is 0 Å². The van der Waals surface area contributed by atoms with Crippen molar-refractivity contribution in [3.05, 3.63) is 24.3 Å². The molecule has 0 saturated heterocycles. The van der Waals surface area contributed by atoms with Crippen molar-refractivity contribution < 1.29 is 4.74 Å². The molecule has 0 bridgehead atoms. The topological polar surface area (TPSA) is 35.2 Å². The smallest absolute Gasteiger partial charge is 0.142 e. The van der Waals surface area contributed by atoms with Crippen LogP contribution >= 0.6 is 12.6 Å². The number of benzene rings is 1. The molecule has 1 aromatic carbocycles. The van der Waals surface area contributed by atoms with Crippen LogP contribution < -0.4 is 10.5 Å². The van der Waals surface area contributed by atoms with Crippen LogP contribution in [0.1, 0.15) is 32.1 Å². The Morgan fingerprint density at radius 3 is 2.44 bits per heavy atom. The van der Waals surface area contributed by atoms with Gasteiger partial charge in [-0.25, -0.2) is 0 Å². The van der Waals surface area contributed by atoms with Gasteiger partial charge in [-0.1, -0.05) is 31.4 Å². The van der Waals surface area contributed by atoms with Gasteiger partial charge < -0.3 is 10.5 Å². The molecule has 3 heteroatoms. The Hall–Kier alpha value is -0.830. The molecule has 0 aliphatic heterocycles. The number of hydrogen-bond donors (Lipinski definition) is 2. The molecule has 0 aromatic heterocycles. The standard InChI is InChI=1S/C13H21NOS/c14-12-8-4-5-9-13(12)15-10-6-2-1-3-7-11-16/h4-5,8-9,16H,1-3,6-7,10-11,14H2. The predicted octanol–water partition coefficient (Wildman–Crippen LogP) is 3.53. The summed E-state index contributed by atoms with van der Waals surface area (Å²) < 4.78 is 5.60. The number of rotatable bonds is 8. The maximum atomic E-state index is 5.77. The van der Waals surface area contributed by atoms with Crippen LogP contribution in [0.15, 0.2) is 24.3 Å². The van der Waals surface area contributed by atoms with Gasteiger partial charge in [0.15, 0.2) is 0 Å². The first-order chi connectivity index (χ1) is 7.84. The number of thiol groups is 1. The summed E-state index contributed by atoms with van der Waals surface area (Å²) in [6, 6.07) is 7.64.